The highest BCUT2D eigenvalue weighted by molar-refractivity contribution is 9.10. The molecule has 0 aromatic heterocycles. The third-order valence-corrected chi connectivity index (χ3v) is 3.29. The van der Waals surface area contributed by atoms with Crippen molar-refractivity contribution in [3.63, 3.8) is 0 Å². The summed E-state index contributed by atoms with van der Waals surface area (Å²) in [6.07, 6.45) is 0.987. The maximum atomic E-state index is 11.7. The van der Waals surface area contributed by atoms with Crippen molar-refractivity contribution in [1.82, 2.24) is 5.32 Å². The van der Waals surface area contributed by atoms with Crippen molar-refractivity contribution < 1.29 is 10.1 Å². The van der Waals surface area contributed by atoms with E-state index in [-0.39, 0.29) is 11.4 Å². The molecular weight excluding hydrogens is 318 g/mol. The normalized spacial score (nSPS) is 11.2. The minimum absolute atomic E-state index is 0.0312. The van der Waals surface area contributed by atoms with Crippen LogP contribution in [0.5, 0.6) is 0 Å². The number of anilines is 1. The lowest BCUT2D eigenvalue weighted by Crippen LogP contribution is -2.94. The van der Waals surface area contributed by atoms with Crippen LogP contribution in [0.1, 0.15) is 27.2 Å². The van der Waals surface area contributed by atoms with E-state index in [1.807, 2.05) is 24.3 Å². The van der Waals surface area contributed by atoms with Gasteiger partial charge in [0.05, 0.1) is 18.6 Å². The molecule has 4 N–H and O–H groups in total. The van der Waals surface area contributed by atoms with E-state index in [0.29, 0.717) is 6.54 Å². The Bertz CT molecular complexity index is 412. The van der Waals surface area contributed by atoms with Crippen LogP contribution < -0.4 is 16.0 Å². The predicted molar refractivity (Wildman–Crippen MR) is 86.8 cm³/mol. The fourth-order valence-electron chi connectivity index (χ4n) is 1.68. The summed E-state index contributed by atoms with van der Waals surface area (Å²) >= 11 is 3.38. The van der Waals surface area contributed by atoms with E-state index < -0.39 is 0 Å². The molecule has 4 nitrogen and oxygen atoms in total. The average molecular weight is 343 g/mol. The largest absolute Gasteiger partial charge is 0.376 e. The van der Waals surface area contributed by atoms with Crippen LogP contribution in [0.15, 0.2) is 28.7 Å². The third-order valence-electron chi connectivity index (χ3n) is 2.76. The van der Waals surface area contributed by atoms with E-state index in [1.165, 1.54) is 0 Å². The molecule has 0 saturated heterocycles. The van der Waals surface area contributed by atoms with Gasteiger partial charge in [-0.15, -0.1) is 0 Å². The van der Waals surface area contributed by atoms with E-state index in [9.17, 15) is 4.79 Å². The topological polar surface area (TPSA) is 57.7 Å². The van der Waals surface area contributed by atoms with Crippen LogP contribution in [0.4, 0.5) is 5.69 Å². The SMILES string of the molecule is CC(C)(C)[NH2+]CCCNC(=O)CNc1ccc(Br)cc1. The minimum atomic E-state index is 0.0312. The zero-order valence-corrected chi connectivity index (χ0v) is 14.1. The molecule has 0 unspecified atom stereocenters. The van der Waals surface area contributed by atoms with E-state index >= 15 is 0 Å². The van der Waals surface area contributed by atoms with E-state index in [1.54, 1.807) is 0 Å². The molecule has 0 saturated carbocycles. The zero-order valence-electron chi connectivity index (χ0n) is 12.5. The van der Waals surface area contributed by atoms with Crippen LogP contribution in [0.25, 0.3) is 0 Å². The standard InChI is InChI=1S/C15H24BrN3O/c1-15(2,3)19-10-4-9-17-14(20)11-18-13-7-5-12(16)6-8-13/h5-8,18-19H,4,9-11H2,1-3H3,(H,17,20)/p+1. The first-order valence-corrected chi connectivity index (χ1v) is 7.77. The second-order valence-corrected chi connectivity index (χ2v) is 6.84. The van der Waals surface area contributed by atoms with Crippen molar-refractivity contribution in [2.45, 2.75) is 32.7 Å². The Hall–Kier alpha value is -1.07. The number of quaternary nitrogens is 1. The Morgan fingerprint density at radius 1 is 1.25 bits per heavy atom. The van der Waals surface area contributed by atoms with E-state index in [4.69, 9.17) is 0 Å². The van der Waals surface area contributed by atoms with Gasteiger partial charge in [0.1, 0.15) is 0 Å². The molecule has 0 aliphatic heterocycles. The van der Waals surface area contributed by atoms with E-state index in [2.05, 4.69) is 52.7 Å². The van der Waals surface area contributed by atoms with Gasteiger partial charge in [-0.25, -0.2) is 0 Å². The first kappa shape index (κ1) is 17.0. The number of amides is 1. The van der Waals surface area contributed by atoms with E-state index in [0.717, 1.165) is 29.7 Å². The molecule has 0 fully saturated rings. The summed E-state index contributed by atoms with van der Waals surface area (Å²) < 4.78 is 1.03. The highest BCUT2D eigenvalue weighted by Gasteiger charge is 2.11. The Balaban J connectivity index is 2.10. The summed E-state index contributed by atoms with van der Waals surface area (Å²) in [6, 6.07) is 7.77. The fourth-order valence-corrected chi connectivity index (χ4v) is 1.94. The van der Waals surface area contributed by atoms with Gasteiger partial charge >= 0.3 is 0 Å². The molecule has 20 heavy (non-hydrogen) atoms. The number of hydrogen-bond acceptors (Lipinski definition) is 2. The van der Waals surface area contributed by atoms with Gasteiger partial charge in [0, 0.05) is 23.1 Å². The van der Waals surface area contributed by atoms with Crippen LogP contribution in [-0.4, -0.2) is 31.1 Å². The number of carbonyl (C=O) groups is 1. The lowest BCUT2D eigenvalue weighted by Gasteiger charge is -2.16. The minimum Gasteiger partial charge on any atom is -0.376 e. The summed E-state index contributed by atoms with van der Waals surface area (Å²) in [6.45, 7) is 8.64. The van der Waals surface area contributed by atoms with Crippen molar-refractivity contribution in [1.29, 1.82) is 0 Å². The predicted octanol–water partition coefficient (Wildman–Crippen LogP) is 1.73. The van der Waals surface area contributed by atoms with Crippen LogP contribution in [0, 0.1) is 0 Å². The lowest BCUT2D eigenvalue weighted by molar-refractivity contribution is -0.717. The molecule has 0 atom stereocenters. The monoisotopic (exact) mass is 342 g/mol. The van der Waals surface area contributed by atoms with Crippen LogP contribution in [-0.2, 0) is 4.79 Å². The second-order valence-electron chi connectivity index (χ2n) is 5.92. The van der Waals surface area contributed by atoms with Gasteiger partial charge < -0.3 is 16.0 Å². The zero-order chi connectivity index (χ0) is 15.0. The maximum Gasteiger partial charge on any atom is 0.239 e. The highest BCUT2D eigenvalue weighted by Crippen LogP contribution is 2.13. The molecule has 0 aliphatic carbocycles. The number of nitrogens with one attached hydrogen (secondary N) is 2. The van der Waals surface area contributed by atoms with Crippen LogP contribution in [0.3, 0.4) is 0 Å². The number of carbonyl (C=O) groups excluding carboxylic acids is 1. The molecule has 1 aromatic rings. The van der Waals surface area contributed by atoms with Crippen LogP contribution in [0.2, 0.25) is 0 Å². The highest BCUT2D eigenvalue weighted by atomic mass is 79.9. The third kappa shape index (κ3) is 8.17. The Labute approximate surface area is 129 Å². The van der Waals surface area contributed by atoms with Crippen molar-refractivity contribution in [2.24, 2.45) is 0 Å². The lowest BCUT2D eigenvalue weighted by atomic mass is 10.1. The van der Waals surface area contributed by atoms with Crippen molar-refractivity contribution in [3.05, 3.63) is 28.7 Å². The summed E-state index contributed by atoms with van der Waals surface area (Å²) in [5, 5.41) is 8.31. The van der Waals surface area contributed by atoms with Crippen molar-refractivity contribution in [2.75, 3.05) is 25.0 Å². The van der Waals surface area contributed by atoms with Crippen LogP contribution >= 0.6 is 15.9 Å². The Morgan fingerprint density at radius 2 is 1.90 bits per heavy atom. The molecule has 0 bridgehead atoms. The summed E-state index contributed by atoms with van der Waals surface area (Å²) in [4.78, 5) is 11.7. The number of hydrogen-bond donors (Lipinski definition) is 3. The summed E-state index contributed by atoms with van der Waals surface area (Å²) in [7, 11) is 0. The molecular formula is C15H25BrN3O+. The molecule has 0 spiro atoms. The quantitative estimate of drug-likeness (QED) is 0.661. The summed E-state index contributed by atoms with van der Waals surface area (Å²) in [5.41, 5.74) is 1.21. The van der Waals surface area contributed by atoms with Gasteiger partial charge in [-0.1, -0.05) is 15.9 Å². The average Bonchev–Trinajstić information content (AvgIpc) is 2.36. The maximum absolute atomic E-state index is 11.7. The molecule has 0 heterocycles. The first-order valence-electron chi connectivity index (χ1n) is 6.97. The number of rotatable bonds is 7. The smallest absolute Gasteiger partial charge is 0.239 e. The second kappa shape index (κ2) is 8.27. The molecule has 1 aromatic carbocycles. The van der Waals surface area contributed by atoms with Gasteiger partial charge in [-0.2, -0.15) is 0 Å². The Morgan fingerprint density at radius 3 is 2.50 bits per heavy atom. The number of nitrogens with two attached hydrogens (primary N) is 1. The van der Waals surface area contributed by atoms with Gasteiger partial charge in [0.2, 0.25) is 5.91 Å². The van der Waals surface area contributed by atoms with Crippen molar-refractivity contribution >= 4 is 27.5 Å². The Kier molecular flexibility index (Phi) is 7.02. The molecule has 112 valence electrons. The van der Waals surface area contributed by atoms with Gasteiger partial charge in [-0.3, -0.25) is 4.79 Å². The molecule has 1 rings (SSSR count). The van der Waals surface area contributed by atoms with Crippen molar-refractivity contribution in [3.8, 4) is 0 Å². The van der Waals surface area contributed by atoms with Gasteiger partial charge in [0.25, 0.3) is 0 Å². The number of halogens is 1. The number of benzene rings is 1. The molecule has 1 amide bonds. The fraction of sp³-hybridized carbons (Fsp3) is 0.533. The van der Waals surface area contributed by atoms with Gasteiger partial charge in [0.15, 0.2) is 0 Å². The summed E-state index contributed by atoms with van der Waals surface area (Å²) in [5.74, 6) is 0.0312. The first-order chi connectivity index (χ1) is 9.37. The van der Waals surface area contributed by atoms with Gasteiger partial charge in [-0.05, 0) is 45.0 Å². The molecule has 5 heteroatoms. The molecule has 0 radical (unpaired) electrons. The molecule has 0 aliphatic rings.